The molecule has 0 aliphatic rings. The lowest BCUT2D eigenvalue weighted by molar-refractivity contribution is 0.0953. The van der Waals surface area contributed by atoms with Crippen molar-refractivity contribution in [1.29, 1.82) is 0 Å². The van der Waals surface area contributed by atoms with E-state index in [4.69, 9.17) is 0 Å². The van der Waals surface area contributed by atoms with E-state index in [2.05, 4.69) is 5.32 Å². The van der Waals surface area contributed by atoms with E-state index >= 15 is 0 Å². The standard InChI is InChI=1S/C16H13NO2S/c18-14-7-3-1-5-11(14)9-17-16(19)13-10-20-15-8-4-2-6-12(13)15/h1-8,10,18H,9H2,(H,17,19). The molecule has 0 unspecified atom stereocenters. The Morgan fingerprint density at radius 3 is 2.70 bits per heavy atom. The highest BCUT2D eigenvalue weighted by Crippen LogP contribution is 2.25. The second-order valence-corrected chi connectivity index (χ2v) is 5.37. The van der Waals surface area contributed by atoms with Crippen molar-refractivity contribution in [2.24, 2.45) is 0 Å². The minimum Gasteiger partial charge on any atom is -0.508 e. The molecule has 0 aliphatic heterocycles. The van der Waals surface area contributed by atoms with Crippen LogP contribution in [0.3, 0.4) is 0 Å². The average molecular weight is 283 g/mol. The molecule has 0 aliphatic carbocycles. The van der Waals surface area contributed by atoms with E-state index in [9.17, 15) is 9.90 Å². The van der Waals surface area contributed by atoms with Crippen LogP contribution in [0.2, 0.25) is 0 Å². The first kappa shape index (κ1) is 12.7. The zero-order valence-corrected chi connectivity index (χ0v) is 11.5. The molecule has 3 aromatic rings. The van der Waals surface area contributed by atoms with Gasteiger partial charge in [-0.1, -0.05) is 36.4 Å². The van der Waals surface area contributed by atoms with Crippen molar-refractivity contribution in [3.05, 3.63) is 65.0 Å². The molecule has 1 aromatic heterocycles. The van der Waals surface area contributed by atoms with Crippen LogP contribution in [-0.2, 0) is 6.54 Å². The second-order valence-electron chi connectivity index (χ2n) is 4.46. The number of carbonyl (C=O) groups is 1. The van der Waals surface area contributed by atoms with E-state index in [1.54, 1.807) is 29.5 Å². The van der Waals surface area contributed by atoms with Crippen LogP contribution in [0, 0.1) is 0 Å². The molecular formula is C16H13NO2S. The molecule has 0 spiro atoms. The summed E-state index contributed by atoms with van der Waals surface area (Å²) in [4.78, 5) is 12.2. The maximum absolute atomic E-state index is 12.2. The first-order valence-corrected chi connectivity index (χ1v) is 7.15. The summed E-state index contributed by atoms with van der Waals surface area (Å²) in [6.07, 6.45) is 0. The third-order valence-electron chi connectivity index (χ3n) is 3.16. The summed E-state index contributed by atoms with van der Waals surface area (Å²) in [7, 11) is 0. The molecule has 100 valence electrons. The number of benzene rings is 2. The maximum atomic E-state index is 12.2. The molecule has 0 saturated carbocycles. The molecule has 0 fully saturated rings. The molecule has 0 bridgehead atoms. The first-order valence-electron chi connectivity index (χ1n) is 6.27. The number of thiophene rings is 1. The van der Waals surface area contributed by atoms with Gasteiger partial charge < -0.3 is 10.4 Å². The lowest BCUT2D eigenvalue weighted by Gasteiger charge is -2.06. The Balaban J connectivity index is 1.79. The van der Waals surface area contributed by atoms with Gasteiger partial charge in [0.1, 0.15) is 5.75 Å². The van der Waals surface area contributed by atoms with Gasteiger partial charge in [-0.05, 0) is 12.1 Å². The molecule has 2 N–H and O–H groups in total. The number of hydrogen-bond donors (Lipinski definition) is 2. The minimum atomic E-state index is -0.120. The average Bonchev–Trinajstić information content (AvgIpc) is 2.90. The van der Waals surface area contributed by atoms with E-state index in [1.165, 1.54) is 0 Å². The van der Waals surface area contributed by atoms with Crippen molar-refractivity contribution >= 4 is 27.3 Å². The predicted octanol–water partition coefficient (Wildman–Crippen LogP) is 3.54. The Kier molecular flexibility index (Phi) is 3.39. The summed E-state index contributed by atoms with van der Waals surface area (Å²) in [6, 6.07) is 14.8. The summed E-state index contributed by atoms with van der Waals surface area (Å²) >= 11 is 1.56. The van der Waals surface area contributed by atoms with Gasteiger partial charge in [0, 0.05) is 27.6 Å². The molecule has 20 heavy (non-hydrogen) atoms. The maximum Gasteiger partial charge on any atom is 0.253 e. The summed E-state index contributed by atoms with van der Waals surface area (Å²) in [5.41, 5.74) is 1.39. The fourth-order valence-electron chi connectivity index (χ4n) is 2.08. The molecule has 1 heterocycles. The van der Waals surface area contributed by atoms with Crippen LogP contribution in [0.1, 0.15) is 15.9 Å². The highest BCUT2D eigenvalue weighted by Gasteiger charge is 2.11. The van der Waals surface area contributed by atoms with Gasteiger partial charge in [-0.2, -0.15) is 0 Å². The largest absolute Gasteiger partial charge is 0.508 e. The van der Waals surface area contributed by atoms with Gasteiger partial charge in [0.05, 0.1) is 5.56 Å². The van der Waals surface area contributed by atoms with E-state index in [1.807, 2.05) is 35.7 Å². The molecule has 0 radical (unpaired) electrons. The fourth-order valence-corrected chi connectivity index (χ4v) is 3.03. The van der Waals surface area contributed by atoms with E-state index in [-0.39, 0.29) is 11.7 Å². The highest BCUT2D eigenvalue weighted by molar-refractivity contribution is 7.17. The van der Waals surface area contributed by atoms with Crippen molar-refractivity contribution < 1.29 is 9.90 Å². The van der Waals surface area contributed by atoms with Gasteiger partial charge in [-0.3, -0.25) is 4.79 Å². The van der Waals surface area contributed by atoms with E-state index in [0.29, 0.717) is 17.7 Å². The minimum absolute atomic E-state index is 0.120. The molecule has 1 amide bonds. The van der Waals surface area contributed by atoms with Crippen LogP contribution in [0.15, 0.2) is 53.9 Å². The van der Waals surface area contributed by atoms with Crippen LogP contribution in [0.5, 0.6) is 5.75 Å². The summed E-state index contributed by atoms with van der Waals surface area (Å²) in [5, 5.41) is 15.3. The predicted molar refractivity (Wildman–Crippen MR) is 81.1 cm³/mol. The number of nitrogens with one attached hydrogen (secondary N) is 1. The van der Waals surface area contributed by atoms with E-state index in [0.717, 1.165) is 10.1 Å². The Morgan fingerprint density at radius 1 is 1.10 bits per heavy atom. The normalized spacial score (nSPS) is 10.6. The second kappa shape index (κ2) is 5.35. The smallest absolute Gasteiger partial charge is 0.253 e. The molecular weight excluding hydrogens is 270 g/mol. The third kappa shape index (κ3) is 2.38. The van der Waals surface area contributed by atoms with Crippen molar-refractivity contribution in [1.82, 2.24) is 5.32 Å². The van der Waals surface area contributed by atoms with Crippen molar-refractivity contribution in [2.75, 3.05) is 0 Å². The summed E-state index contributed by atoms with van der Waals surface area (Å²) in [6.45, 7) is 0.315. The number of rotatable bonds is 3. The lowest BCUT2D eigenvalue weighted by Crippen LogP contribution is -2.22. The number of phenolic OH excluding ortho intramolecular Hbond substituents is 1. The highest BCUT2D eigenvalue weighted by atomic mass is 32.1. The molecule has 0 atom stereocenters. The summed E-state index contributed by atoms with van der Waals surface area (Å²) < 4.78 is 1.10. The number of amides is 1. The zero-order chi connectivity index (χ0) is 13.9. The van der Waals surface area contributed by atoms with Crippen LogP contribution in [0.25, 0.3) is 10.1 Å². The van der Waals surface area contributed by atoms with Crippen molar-refractivity contribution in [3.8, 4) is 5.75 Å². The molecule has 4 heteroatoms. The Bertz CT molecular complexity index is 764. The van der Waals surface area contributed by atoms with Crippen molar-refractivity contribution in [2.45, 2.75) is 6.54 Å². The molecule has 3 nitrogen and oxygen atoms in total. The number of aromatic hydroxyl groups is 1. The molecule has 3 rings (SSSR count). The summed E-state index contributed by atoms with van der Waals surface area (Å²) in [5.74, 6) is 0.0775. The van der Waals surface area contributed by atoms with Gasteiger partial charge in [0.25, 0.3) is 5.91 Å². The quantitative estimate of drug-likeness (QED) is 0.772. The monoisotopic (exact) mass is 283 g/mol. The van der Waals surface area contributed by atoms with Gasteiger partial charge in [0.2, 0.25) is 0 Å². The van der Waals surface area contributed by atoms with Crippen molar-refractivity contribution in [3.63, 3.8) is 0 Å². The first-order chi connectivity index (χ1) is 9.75. The van der Waals surface area contributed by atoms with Crippen LogP contribution in [-0.4, -0.2) is 11.0 Å². The molecule has 2 aromatic carbocycles. The van der Waals surface area contributed by atoms with Crippen LogP contribution < -0.4 is 5.32 Å². The van der Waals surface area contributed by atoms with Crippen LogP contribution in [0.4, 0.5) is 0 Å². The lowest BCUT2D eigenvalue weighted by atomic mass is 10.1. The number of para-hydroxylation sites is 1. The Morgan fingerprint density at radius 2 is 1.85 bits per heavy atom. The number of carbonyl (C=O) groups excluding carboxylic acids is 1. The number of hydrogen-bond acceptors (Lipinski definition) is 3. The van der Waals surface area contributed by atoms with Gasteiger partial charge >= 0.3 is 0 Å². The Hall–Kier alpha value is -2.33. The van der Waals surface area contributed by atoms with Crippen LogP contribution >= 0.6 is 11.3 Å². The SMILES string of the molecule is O=C(NCc1ccccc1O)c1csc2ccccc12. The topological polar surface area (TPSA) is 49.3 Å². The zero-order valence-electron chi connectivity index (χ0n) is 10.7. The Labute approximate surface area is 120 Å². The van der Waals surface area contributed by atoms with E-state index < -0.39 is 0 Å². The van der Waals surface area contributed by atoms with Gasteiger partial charge in [0.15, 0.2) is 0 Å². The molecule has 0 saturated heterocycles. The third-order valence-corrected chi connectivity index (χ3v) is 4.12. The van der Waals surface area contributed by atoms with Gasteiger partial charge in [-0.15, -0.1) is 11.3 Å². The fraction of sp³-hybridized carbons (Fsp3) is 0.0625. The van der Waals surface area contributed by atoms with Gasteiger partial charge in [-0.25, -0.2) is 0 Å². The number of fused-ring (bicyclic) bond motifs is 1. The number of phenols is 1.